The van der Waals surface area contributed by atoms with Crippen LogP contribution in [0.15, 0.2) is 23.2 Å². The highest BCUT2D eigenvalue weighted by molar-refractivity contribution is 7.86. The molecule has 4 nitrogen and oxygen atoms in total. The zero-order chi connectivity index (χ0) is 9.19. The first kappa shape index (κ1) is 8.62. The van der Waals surface area contributed by atoms with Crippen LogP contribution in [-0.2, 0) is 10.2 Å². The number of aromatic nitrogens is 1. The molecule has 0 saturated carbocycles. The topological polar surface area (TPSA) is 70.8 Å². The zero-order valence-corrected chi connectivity index (χ0v) is 6.55. The summed E-state index contributed by atoms with van der Waals surface area (Å²) in [5.74, 6) is 0. The van der Waals surface area contributed by atoms with Crippen LogP contribution in [0.5, 0.6) is 0 Å². The van der Waals surface area contributed by atoms with Crippen LogP contribution in [0, 0.1) is 11.3 Å². The first-order valence-electron chi connectivity index (χ1n) is 2.86. The van der Waals surface area contributed by atoms with Gasteiger partial charge in [0.2, 0.25) is 0 Å². The summed E-state index contributed by atoms with van der Waals surface area (Å²) in [7, 11) is -4.80. The molecule has 0 atom stereocenters. The van der Waals surface area contributed by atoms with Crippen LogP contribution >= 0.6 is 0 Å². The van der Waals surface area contributed by atoms with Crippen molar-refractivity contribution >= 4 is 10.2 Å². The van der Waals surface area contributed by atoms with Crippen LogP contribution in [-0.4, -0.2) is 13.4 Å². The molecular formula is C6H3FN2O2S. The normalized spacial score (nSPS) is 10.7. The number of pyridine rings is 1. The maximum Gasteiger partial charge on any atom is 0.349 e. The largest absolute Gasteiger partial charge is 0.349 e. The van der Waals surface area contributed by atoms with Crippen molar-refractivity contribution in [2.75, 3.05) is 0 Å². The molecule has 0 fully saturated rings. The summed E-state index contributed by atoms with van der Waals surface area (Å²) in [6.07, 6.45) is 0. The van der Waals surface area contributed by atoms with Crippen LogP contribution < -0.4 is 0 Å². The van der Waals surface area contributed by atoms with Gasteiger partial charge < -0.3 is 0 Å². The van der Waals surface area contributed by atoms with E-state index < -0.39 is 15.2 Å². The van der Waals surface area contributed by atoms with E-state index in [4.69, 9.17) is 5.26 Å². The van der Waals surface area contributed by atoms with Crippen molar-refractivity contribution in [3.8, 4) is 6.07 Å². The van der Waals surface area contributed by atoms with Crippen molar-refractivity contribution in [1.82, 2.24) is 4.98 Å². The molecule has 0 spiro atoms. The molecule has 1 aromatic heterocycles. The second-order valence-electron chi connectivity index (χ2n) is 1.91. The maximum atomic E-state index is 12.2. The molecule has 0 aliphatic carbocycles. The van der Waals surface area contributed by atoms with Crippen molar-refractivity contribution in [2.24, 2.45) is 0 Å². The number of nitrogens with zero attached hydrogens (tertiary/aromatic N) is 2. The van der Waals surface area contributed by atoms with Gasteiger partial charge in [-0.15, -0.1) is 0 Å². The van der Waals surface area contributed by atoms with E-state index in [1.54, 1.807) is 6.07 Å². The molecule has 1 rings (SSSR count). The Balaban J connectivity index is 3.32. The first-order valence-corrected chi connectivity index (χ1v) is 4.24. The second kappa shape index (κ2) is 2.87. The molecule has 0 N–H and O–H groups in total. The molecule has 12 heavy (non-hydrogen) atoms. The minimum Gasteiger partial charge on any atom is -0.223 e. The monoisotopic (exact) mass is 186 g/mol. The number of hydrogen-bond donors (Lipinski definition) is 0. The highest BCUT2D eigenvalue weighted by atomic mass is 32.3. The lowest BCUT2D eigenvalue weighted by atomic mass is 10.4. The van der Waals surface area contributed by atoms with Crippen LogP contribution in [0.1, 0.15) is 5.69 Å². The Hall–Kier alpha value is -1.48. The molecule has 0 amide bonds. The third kappa shape index (κ3) is 1.77. The van der Waals surface area contributed by atoms with E-state index in [1.165, 1.54) is 12.1 Å². The minimum absolute atomic E-state index is 0.131. The molecule has 0 unspecified atom stereocenters. The van der Waals surface area contributed by atoms with Gasteiger partial charge >= 0.3 is 10.2 Å². The van der Waals surface area contributed by atoms with Crippen molar-refractivity contribution < 1.29 is 12.3 Å². The van der Waals surface area contributed by atoms with E-state index in [-0.39, 0.29) is 5.69 Å². The molecule has 6 heteroatoms. The highest BCUT2D eigenvalue weighted by Crippen LogP contribution is 2.08. The zero-order valence-electron chi connectivity index (χ0n) is 5.73. The lowest BCUT2D eigenvalue weighted by molar-refractivity contribution is 0.547. The van der Waals surface area contributed by atoms with E-state index >= 15 is 0 Å². The summed E-state index contributed by atoms with van der Waals surface area (Å²) < 4.78 is 32.8. The Morgan fingerprint density at radius 1 is 1.50 bits per heavy atom. The molecule has 0 bridgehead atoms. The SMILES string of the molecule is N#Cc1cccc(S(=O)(=O)F)n1. The summed E-state index contributed by atoms with van der Waals surface area (Å²) in [5, 5.41) is 7.56. The molecule has 0 aliphatic heterocycles. The van der Waals surface area contributed by atoms with Gasteiger partial charge in [-0.25, -0.2) is 4.98 Å². The average molecular weight is 186 g/mol. The van der Waals surface area contributed by atoms with Gasteiger partial charge in [0.15, 0.2) is 5.03 Å². The van der Waals surface area contributed by atoms with E-state index in [1.807, 2.05) is 0 Å². The minimum atomic E-state index is -4.80. The Bertz CT molecular complexity index is 435. The first-order chi connectivity index (χ1) is 5.54. The van der Waals surface area contributed by atoms with Gasteiger partial charge in [0.1, 0.15) is 11.8 Å². The Kier molecular flexibility index (Phi) is 2.06. The fraction of sp³-hybridized carbons (Fsp3) is 0. The van der Waals surface area contributed by atoms with E-state index in [2.05, 4.69) is 4.98 Å². The molecular weight excluding hydrogens is 183 g/mol. The summed E-state index contributed by atoms with van der Waals surface area (Å²) in [4.78, 5) is 3.24. The lowest BCUT2D eigenvalue weighted by Crippen LogP contribution is -1.96. The lowest BCUT2D eigenvalue weighted by Gasteiger charge is -1.92. The summed E-state index contributed by atoms with van der Waals surface area (Å²) in [5.41, 5.74) is -0.131. The third-order valence-electron chi connectivity index (χ3n) is 1.09. The fourth-order valence-corrected chi connectivity index (χ4v) is 1.06. The maximum absolute atomic E-state index is 12.2. The predicted molar refractivity (Wildman–Crippen MR) is 37.2 cm³/mol. The van der Waals surface area contributed by atoms with E-state index in [0.717, 1.165) is 6.07 Å². The molecule has 0 radical (unpaired) electrons. The Morgan fingerprint density at radius 2 is 2.17 bits per heavy atom. The van der Waals surface area contributed by atoms with Gasteiger partial charge in [-0.3, -0.25) is 0 Å². The van der Waals surface area contributed by atoms with Crippen molar-refractivity contribution in [3.63, 3.8) is 0 Å². The standard InChI is InChI=1S/C6H3FN2O2S/c7-12(10,11)6-3-1-2-5(4-8)9-6/h1-3H. The third-order valence-corrected chi connectivity index (χ3v) is 1.81. The molecule has 0 aliphatic rings. The van der Waals surface area contributed by atoms with E-state index in [0.29, 0.717) is 0 Å². The van der Waals surface area contributed by atoms with Gasteiger partial charge in [0, 0.05) is 0 Å². The van der Waals surface area contributed by atoms with Gasteiger partial charge in [-0.1, -0.05) is 9.95 Å². The molecule has 1 heterocycles. The molecule has 62 valence electrons. The molecule has 1 aromatic rings. The molecule has 0 aromatic carbocycles. The summed E-state index contributed by atoms with van der Waals surface area (Å²) in [6, 6.07) is 5.11. The van der Waals surface area contributed by atoms with Gasteiger partial charge in [0.05, 0.1) is 0 Å². The van der Waals surface area contributed by atoms with Gasteiger partial charge in [0.25, 0.3) is 0 Å². The summed E-state index contributed by atoms with van der Waals surface area (Å²) >= 11 is 0. The second-order valence-corrected chi connectivity index (χ2v) is 3.20. The fourth-order valence-electron chi connectivity index (χ4n) is 0.613. The Morgan fingerprint density at radius 3 is 2.67 bits per heavy atom. The summed E-state index contributed by atoms with van der Waals surface area (Å²) in [6.45, 7) is 0. The highest BCUT2D eigenvalue weighted by Gasteiger charge is 2.13. The van der Waals surface area contributed by atoms with Crippen LogP contribution in [0.3, 0.4) is 0 Å². The van der Waals surface area contributed by atoms with Crippen molar-refractivity contribution in [3.05, 3.63) is 23.9 Å². The number of halogens is 1. The van der Waals surface area contributed by atoms with Crippen molar-refractivity contribution in [2.45, 2.75) is 5.03 Å². The van der Waals surface area contributed by atoms with Crippen molar-refractivity contribution in [1.29, 1.82) is 5.26 Å². The Labute approximate surface area is 68.5 Å². The van der Waals surface area contributed by atoms with E-state index in [9.17, 15) is 12.3 Å². The quantitative estimate of drug-likeness (QED) is 0.602. The smallest absolute Gasteiger partial charge is 0.223 e. The molecule has 0 saturated heterocycles. The van der Waals surface area contributed by atoms with Crippen LogP contribution in [0.25, 0.3) is 0 Å². The van der Waals surface area contributed by atoms with Crippen LogP contribution in [0.4, 0.5) is 3.89 Å². The average Bonchev–Trinajstić information content (AvgIpc) is 2.03. The predicted octanol–water partition coefficient (Wildman–Crippen LogP) is 0.611. The van der Waals surface area contributed by atoms with Gasteiger partial charge in [-0.05, 0) is 12.1 Å². The number of hydrogen-bond acceptors (Lipinski definition) is 4. The van der Waals surface area contributed by atoms with Gasteiger partial charge in [-0.2, -0.15) is 13.7 Å². The number of nitriles is 1. The van der Waals surface area contributed by atoms with Crippen LogP contribution in [0.2, 0.25) is 0 Å². The number of rotatable bonds is 1.